The minimum Gasteiger partial charge on any atom is -0.366 e. The summed E-state index contributed by atoms with van der Waals surface area (Å²) >= 11 is 0. The molecular formula is C20H16F3N5O. The highest BCUT2D eigenvalue weighted by molar-refractivity contribution is 5.96. The van der Waals surface area contributed by atoms with E-state index in [4.69, 9.17) is 0 Å². The molecule has 0 spiro atoms. The molecule has 6 nitrogen and oxygen atoms in total. The number of halogens is 3. The quantitative estimate of drug-likeness (QED) is 0.703. The molecule has 9 heteroatoms. The van der Waals surface area contributed by atoms with Crippen molar-refractivity contribution in [2.24, 2.45) is 0 Å². The number of benzene rings is 1. The number of hydrogen-bond donors (Lipinski definition) is 2. The molecule has 1 aromatic carbocycles. The number of carbonyl (C=O) groups excluding carboxylic acids is 1. The lowest BCUT2D eigenvalue weighted by Gasteiger charge is -2.20. The van der Waals surface area contributed by atoms with Gasteiger partial charge in [-0.2, -0.15) is 13.2 Å². The van der Waals surface area contributed by atoms with Crippen LogP contribution < -0.4 is 10.6 Å². The summed E-state index contributed by atoms with van der Waals surface area (Å²) in [5, 5.41) is 5.90. The van der Waals surface area contributed by atoms with Gasteiger partial charge >= 0.3 is 6.18 Å². The van der Waals surface area contributed by atoms with Crippen LogP contribution in [0.5, 0.6) is 0 Å². The van der Waals surface area contributed by atoms with Crippen molar-refractivity contribution < 1.29 is 18.0 Å². The van der Waals surface area contributed by atoms with Crippen molar-refractivity contribution >= 4 is 11.7 Å². The zero-order valence-electron chi connectivity index (χ0n) is 15.1. The zero-order chi connectivity index (χ0) is 20.4. The summed E-state index contributed by atoms with van der Waals surface area (Å²) < 4.78 is 38.2. The molecule has 29 heavy (non-hydrogen) atoms. The van der Waals surface area contributed by atoms with Gasteiger partial charge in [0, 0.05) is 36.6 Å². The van der Waals surface area contributed by atoms with Crippen molar-refractivity contribution in [3.63, 3.8) is 0 Å². The molecule has 1 aliphatic heterocycles. The fourth-order valence-electron chi connectivity index (χ4n) is 3.06. The molecule has 4 rings (SSSR count). The Bertz CT molecular complexity index is 1040. The van der Waals surface area contributed by atoms with Crippen LogP contribution in [0.4, 0.5) is 19.0 Å². The summed E-state index contributed by atoms with van der Waals surface area (Å²) in [5.74, 6) is 0.559. The summed E-state index contributed by atoms with van der Waals surface area (Å²) in [4.78, 5) is 25.3. The highest BCUT2D eigenvalue weighted by atomic mass is 19.4. The number of fused-ring (bicyclic) bond motifs is 1. The molecule has 1 amide bonds. The first-order valence-corrected chi connectivity index (χ1v) is 8.91. The van der Waals surface area contributed by atoms with E-state index in [0.29, 0.717) is 47.0 Å². The number of pyridine rings is 1. The topological polar surface area (TPSA) is 79.8 Å². The van der Waals surface area contributed by atoms with Gasteiger partial charge in [0.15, 0.2) is 5.82 Å². The highest BCUT2D eigenvalue weighted by Crippen LogP contribution is 2.29. The lowest BCUT2D eigenvalue weighted by Crippen LogP contribution is -2.34. The van der Waals surface area contributed by atoms with Gasteiger partial charge in [-0.05, 0) is 36.2 Å². The molecule has 2 N–H and O–H groups in total. The lowest BCUT2D eigenvalue weighted by molar-refractivity contribution is -0.137. The molecular weight excluding hydrogens is 383 g/mol. The van der Waals surface area contributed by atoms with Crippen LogP contribution in [0.1, 0.15) is 27.2 Å². The second kappa shape index (κ2) is 7.50. The summed E-state index contributed by atoms with van der Waals surface area (Å²) in [7, 11) is 0. The second-order valence-corrected chi connectivity index (χ2v) is 6.52. The second-order valence-electron chi connectivity index (χ2n) is 6.52. The Morgan fingerprint density at radius 3 is 2.59 bits per heavy atom. The van der Waals surface area contributed by atoms with Crippen LogP contribution in [-0.2, 0) is 19.1 Å². The standard InChI is InChI=1S/C20H16F3N5O/c21-20(22,23)14-5-3-12(4-6-14)10-26-18-15-7-9-25-19(29)16(15)27-17(28-18)13-2-1-8-24-11-13/h1-6,8,11H,7,9-10H2,(H,25,29)(H,26,27,28). The molecule has 3 heterocycles. The summed E-state index contributed by atoms with van der Waals surface area (Å²) in [6.07, 6.45) is -0.589. The summed E-state index contributed by atoms with van der Waals surface area (Å²) in [6, 6.07) is 8.45. The Morgan fingerprint density at radius 1 is 1.10 bits per heavy atom. The van der Waals surface area contributed by atoms with Crippen LogP contribution >= 0.6 is 0 Å². The van der Waals surface area contributed by atoms with E-state index in [1.165, 1.54) is 12.1 Å². The fraction of sp³-hybridized carbons (Fsp3) is 0.200. The maximum atomic E-state index is 12.7. The third-order valence-corrected chi connectivity index (χ3v) is 4.54. The molecule has 0 saturated carbocycles. The van der Waals surface area contributed by atoms with Crippen LogP contribution in [0.3, 0.4) is 0 Å². The number of carbonyl (C=O) groups is 1. The fourth-order valence-corrected chi connectivity index (χ4v) is 3.06. The van der Waals surface area contributed by atoms with E-state index < -0.39 is 11.7 Å². The first kappa shape index (κ1) is 18.9. The van der Waals surface area contributed by atoms with Crippen molar-refractivity contribution in [2.75, 3.05) is 11.9 Å². The average Bonchev–Trinajstić information content (AvgIpc) is 2.73. The number of rotatable bonds is 4. The summed E-state index contributed by atoms with van der Waals surface area (Å²) in [6.45, 7) is 0.728. The Kier molecular flexibility index (Phi) is 4.87. The van der Waals surface area contributed by atoms with Gasteiger partial charge in [0.2, 0.25) is 0 Å². The van der Waals surface area contributed by atoms with Gasteiger partial charge in [0.1, 0.15) is 11.5 Å². The molecule has 1 aliphatic rings. The van der Waals surface area contributed by atoms with Gasteiger partial charge in [0.05, 0.1) is 5.56 Å². The van der Waals surface area contributed by atoms with Crippen LogP contribution in [0.25, 0.3) is 11.4 Å². The van der Waals surface area contributed by atoms with Crippen molar-refractivity contribution in [3.05, 3.63) is 71.2 Å². The molecule has 0 atom stereocenters. The number of hydrogen-bond acceptors (Lipinski definition) is 5. The molecule has 0 fully saturated rings. The minimum absolute atomic E-state index is 0.260. The van der Waals surface area contributed by atoms with E-state index in [2.05, 4.69) is 25.6 Å². The van der Waals surface area contributed by atoms with Gasteiger partial charge in [-0.1, -0.05) is 12.1 Å². The molecule has 2 aromatic heterocycles. The third-order valence-electron chi connectivity index (χ3n) is 4.54. The Hall–Kier alpha value is -3.49. The zero-order valence-corrected chi connectivity index (χ0v) is 15.1. The Balaban J connectivity index is 1.64. The predicted molar refractivity (Wildman–Crippen MR) is 100 cm³/mol. The van der Waals surface area contributed by atoms with Gasteiger partial charge in [-0.25, -0.2) is 9.97 Å². The van der Waals surface area contributed by atoms with Crippen molar-refractivity contribution in [1.82, 2.24) is 20.3 Å². The highest BCUT2D eigenvalue weighted by Gasteiger charge is 2.30. The lowest BCUT2D eigenvalue weighted by atomic mass is 10.1. The van der Waals surface area contributed by atoms with E-state index >= 15 is 0 Å². The third kappa shape index (κ3) is 4.03. The van der Waals surface area contributed by atoms with Gasteiger partial charge in [0.25, 0.3) is 5.91 Å². The molecule has 0 unspecified atom stereocenters. The summed E-state index contributed by atoms with van der Waals surface area (Å²) in [5.41, 5.74) is 1.60. The van der Waals surface area contributed by atoms with Crippen molar-refractivity contribution in [2.45, 2.75) is 19.1 Å². The van der Waals surface area contributed by atoms with E-state index in [1.807, 2.05) is 0 Å². The first-order valence-electron chi connectivity index (χ1n) is 8.91. The number of aromatic nitrogens is 3. The van der Waals surface area contributed by atoms with E-state index in [9.17, 15) is 18.0 Å². The van der Waals surface area contributed by atoms with Crippen molar-refractivity contribution in [3.8, 4) is 11.4 Å². The number of nitrogens with one attached hydrogen (secondary N) is 2. The van der Waals surface area contributed by atoms with Crippen LogP contribution in [-0.4, -0.2) is 27.4 Å². The first-order chi connectivity index (χ1) is 13.9. The SMILES string of the molecule is O=C1NCCc2c(NCc3ccc(C(F)(F)F)cc3)nc(-c3cccnc3)nc21. The number of amides is 1. The van der Waals surface area contributed by atoms with Gasteiger partial charge in [-0.3, -0.25) is 9.78 Å². The van der Waals surface area contributed by atoms with Crippen LogP contribution in [0, 0.1) is 0 Å². The molecule has 0 bridgehead atoms. The number of nitrogens with zero attached hydrogens (tertiary/aromatic N) is 3. The largest absolute Gasteiger partial charge is 0.416 e. The van der Waals surface area contributed by atoms with Crippen molar-refractivity contribution in [1.29, 1.82) is 0 Å². The Morgan fingerprint density at radius 2 is 1.90 bits per heavy atom. The number of alkyl halides is 3. The molecule has 0 aliphatic carbocycles. The molecule has 148 valence electrons. The molecule has 0 radical (unpaired) electrons. The molecule has 0 saturated heterocycles. The van der Waals surface area contributed by atoms with Crippen LogP contribution in [0.15, 0.2) is 48.8 Å². The van der Waals surface area contributed by atoms with Gasteiger partial charge in [-0.15, -0.1) is 0 Å². The Labute approximate surface area is 164 Å². The maximum Gasteiger partial charge on any atom is 0.416 e. The monoisotopic (exact) mass is 399 g/mol. The normalized spacial score (nSPS) is 13.6. The van der Waals surface area contributed by atoms with E-state index in [-0.39, 0.29) is 12.5 Å². The average molecular weight is 399 g/mol. The molecule has 3 aromatic rings. The van der Waals surface area contributed by atoms with Crippen LogP contribution in [0.2, 0.25) is 0 Å². The van der Waals surface area contributed by atoms with E-state index in [0.717, 1.165) is 12.1 Å². The van der Waals surface area contributed by atoms with E-state index in [1.54, 1.807) is 24.5 Å². The number of anilines is 1. The maximum absolute atomic E-state index is 12.7. The minimum atomic E-state index is -4.37. The smallest absolute Gasteiger partial charge is 0.366 e. The predicted octanol–water partition coefficient (Wildman–Crippen LogP) is 3.46. The van der Waals surface area contributed by atoms with Gasteiger partial charge < -0.3 is 10.6 Å².